The molecule has 0 saturated heterocycles. The van der Waals surface area contributed by atoms with Gasteiger partial charge in [0.15, 0.2) is 6.29 Å². The fourth-order valence-corrected chi connectivity index (χ4v) is 0.539. The minimum Gasteiger partial charge on any atom is -0.381 e. The van der Waals surface area contributed by atoms with Crippen LogP contribution in [0, 0.1) is 0 Å². The number of rotatable bonds is 6. The van der Waals surface area contributed by atoms with Crippen LogP contribution in [-0.4, -0.2) is 53.1 Å². The van der Waals surface area contributed by atoms with Crippen LogP contribution in [-0.2, 0) is 4.74 Å². The maximum Gasteiger partial charge on any atom is 0.151 e. The van der Waals surface area contributed by atoms with Gasteiger partial charge in [0.05, 0.1) is 20.1 Å². The standard InChI is InChI=1S/C6H15NO4/c1-6(10)11-3-2-7(4-8)5-9/h6,8-10H,2-5H2,1H3. The highest BCUT2D eigenvalue weighted by Gasteiger charge is 2.01. The molecule has 0 amide bonds. The Morgan fingerprint density at radius 1 is 1.36 bits per heavy atom. The quantitative estimate of drug-likeness (QED) is 0.420. The summed E-state index contributed by atoms with van der Waals surface area (Å²) in [6, 6.07) is 0. The van der Waals surface area contributed by atoms with Crippen molar-refractivity contribution in [1.82, 2.24) is 4.90 Å². The fraction of sp³-hybridized carbons (Fsp3) is 1.00. The summed E-state index contributed by atoms with van der Waals surface area (Å²) in [6.45, 7) is 1.78. The molecular formula is C6H15NO4. The summed E-state index contributed by atoms with van der Waals surface area (Å²) in [5.74, 6) is 0. The fourth-order valence-electron chi connectivity index (χ4n) is 0.539. The van der Waals surface area contributed by atoms with E-state index in [-0.39, 0.29) is 13.5 Å². The van der Waals surface area contributed by atoms with Gasteiger partial charge in [-0.2, -0.15) is 0 Å². The average molecular weight is 165 g/mol. The van der Waals surface area contributed by atoms with Gasteiger partial charge >= 0.3 is 0 Å². The van der Waals surface area contributed by atoms with Crippen molar-refractivity contribution >= 4 is 0 Å². The summed E-state index contributed by atoms with van der Waals surface area (Å²) in [5.41, 5.74) is 0. The van der Waals surface area contributed by atoms with Crippen LogP contribution >= 0.6 is 0 Å². The number of nitrogens with zero attached hydrogens (tertiary/aromatic N) is 1. The minimum atomic E-state index is -0.797. The van der Waals surface area contributed by atoms with E-state index in [1.807, 2.05) is 0 Å². The van der Waals surface area contributed by atoms with Crippen LogP contribution in [0.5, 0.6) is 0 Å². The van der Waals surface area contributed by atoms with Gasteiger partial charge in [0.1, 0.15) is 0 Å². The third kappa shape index (κ3) is 6.21. The molecule has 0 aliphatic carbocycles. The predicted octanol–water partition coefficient (Wildman–Crippen LogP) is -1.46. The number of hydrogen-bond donors (Lipinski definition) is 3. The molecule has 11 heavy (non-hydrogen) atoms. The zero-order chi connectivity index (χ0) is 8.69. The summed E-state index contributed by atoms with van der Waals surface area (Å²) >= 11 is 0. The summed E-state index contributed by atoms with van der Waals surface area (Å²) in [6.07, 6.45) is -0.797. The SMILES string of the molecule is CC(O)OCCN(CO)CO. The zero-order valence-corrected chi connectivity index (χ0v) is 6.60. The Hall–Kier alpha value is -0.200. The monoisotopic (exact) mass is 165 g/mol. The van der Waals surface area contributed by atoms with Crippen LogP contribution < -0.4 is 0 Å². The molecule has 3 N–H and O–H groups in total. The van der Waals surface area contributed by atoms with Crippen LogP contribution in [0.4, 0.5) is 0 Å². The maximum atomic E-state index is 8.64. The third-order valence-corrected chi connectivity index (χ3v) is 1.17. The van der Waals surface area contributed by atoms with Crippen LogP contribution in [0.1, 0.15) is 6.92 Å². The van der Waals surface area contributed by atoms with E-state index in [4.69, 9.17) is 20.1 Å². The second-order valence-electron chi connectivity index (χ2n) is 2.15. The molecule has 0 aliphatic rings. The van der Waals surface area contributed by atoms with E-state index in [1.165, 1.54) is 11.8 Å². The van der Waals surface area contributed by atoms with E-state index in [0.717, 1.165) is 0 Å². The molecule has 0 aromatic rings. The number of aliphatic hydroxyl groups excluding tert-OH is 3. The van der Waals surface area contributed by atoms with Gasteiger partial charge in [-0.15, -0.1) is 0 Å². The molecule has 0 aromatic heterocycles. The van der Waals surface area contributed by atoms with Crippen molar-refractivity contribution in [2.24, 2.45) is 0 Å². The summed E-state index contributed by atoms with van der Waals surface area (Å²) < 4.78 is 4.77. The first-order chi connectivity index (χ1) is 5.20. The zero-order valence-electron chi connectivity index (χ0n) is 6.60. The maximum absolute atomic E-state index is 8.64. The van der Waals surface area contributed by atoms with Crippen LogP contribution in [0.15, 0.2) is 0 Å². The van der Waals surface area contributed by atoms with Gasteiger partial charge in [-0.25, -0.2) is 0 Å². The van der Waals surface area contributed by atoms with Crippen molar-refractivity contribution in [3.63, 3.8) is 0 Å². The molecule has 0 aromatic carbocycles. The lowest BCUT2D eigenvalue weighted by Gasteiger charge is -2.16. The Balaban J connectivity index is 3.21. The molecule has 0 radical (unpaired) electrons. The lowest BCUT2D eigenvalue weighted by molar-refractivity contribution is -0.0974. The average Bonchev–Trinajstić information content (AvgIpc) is 1.98. The summed E-state index contributed by atoms with van der Waals surface area (Å²) in [5, 5.41) is 25.7. The predicted molar refractivity (Wildman–Crippen MR) is 38.5 cm³/mol. The second-order valence-corrected chi connectivity index (χ2v) is 2.15. The molecule has 0 bridgehead atoms. The van der Waals surface area contributed by atoms with Gasteiger partial charge in [-0.05, 0) is 6.92 Å². The molecule has 0 aliphatic heterocycles. The molecule has 68 valence electrons. The molecule has 5 heteroatoms. The first-order valence-corrected chi connectivity index (χ1v) is 3.44. The van der Waals surface area contributed by atoms with Crippen molar-refractivity contribution in [3.05, 3.63) is 0 Å². The lowest BCUT2D eigenvalue weighted by Crippen LogP contribution is -2.30. The van der Waals surface area contributed by atoms with Crippen molar-refractivity contribution < 1.29 is 20.1 Å². The highest BCUT2D eigenvalue weighted by molar-refractivity contribution is 4.43. The van der Waals surface area contributed by atoms with Crippen molar-refractivity contribution in [3.8, 4) is 0 Å². The van der Waals surface area contributed by atoms with Crippen molar-refractivity contribution in [2.75, 3.05) is 26.6 Å². The molecule has 0 rings (SSSR count). The molecule has 5 nitrogen and oxygen atoms in total. The van der Waals surface area contributed by atoms with E-state index in [1.54, 1.807) is 0 Å². The molecule has 1 unspecified atom stereocenters. The van der Waals surface area contributed by atoms with E-state index in [9.17, 15) is 0 Å². The van der Waals surface area contributed by atoms with Gasteiger partial charge in [0, 0.05) is 6.54 Å². The van der Waals surface area contributed by atoms with E-state index >= 15 is 0 Å². The lowest BCUT2D eigenvalue weighted by atomic mass is 10.6. The smallest absolute Gasteiger partial charge is 0.151 e. The Morgan fingerprint density at radius 2 is 1.91 bits per heavy atom. The minimum absolute atomic E-state index is 0.209. The van der Waals surface area contributed by atoms with Gasteiger partial charge in [0.25, 0.3) is 0 Å². The largest absolute Gasteiger partial charge is 0.381 e. The summed E-state index contributed by atoms with van der Waals surface area (Å²) in [7, 11) is 0. The normalized spacial score (nSPS) is 13.9. The topological polar surface area (TPSA) is 73.2 Å². The number of ether oxygens (including phenoxy) is 1. The Labute approximate surface area is 65.8 Å². The third-order valence-electron chi connectivity index (χ3n) is 1.17. The van der Waals surface area contributed by atoms with Crippen molar-refractivity contribution in [2.45, 2.75) is 13.2 Å². The Bertz CT molecular complexity index is 84.7. The van der Waals surface area contributed by atoms with Crippen LogP contribution in [0.3, 0.4) is 0 Å². The highest BCUT2D eigenvalue weighted by atomic mass is 16.6. The first kappa shape index (κ1) is 10.8. The van der Waals surface area contributed by atoms with Gasteiger partial charge in [-0.3, -0.25) is 4.90 Å². The molecular weight excluding hydrogens is 150 g/mol. The van der Waals surface area contributed by atoms with E-state index in [0.29, 0.717) is 13.2 Å². The van der Waals surface area contributed by atoms with Gasteiger partial charge in [0.2, 0.25) is 0 Å². The van der Waals surface area contributed by atoms with Gasteiger partial charge in [-0.1, -0.05) is 0 Å². The first-order valence-electron chi connectivity index (χ1n) is 3.44. The summed E-state index contributed by atoms with van der Waals surface area (Å²) in [4.78, 5) is 1.36. The van der Waals surface area contributed by atoms with Crippen LogP contribution in [0.25, 0.3) is 0 Å². The second kappa shape index (κ2) is 6.51. The van der Waals surface area contributed by atoms with Gasteiger partial charge < -0.3 is 20.1 Å². The number of aliphatic hydroxyl groups is 3. The Morgan fingerprint density at radius 3 is 2.27 bits per heavy atom. The highest BCUT2D eigenvalue weighted by Crippen LogP contribution is 1.87. The Kier molecular flexibility index (Phi) is 6.39. The van der Waals surface area contributed by atoms with E-state index in [2.05, 4.69) is 0 Å². The molecule has 0 heterocycles. The molecule has 0 fully saturated rings. The van der Waals surface area contributed by atoms with Crippen LogP contribution in [0.2, 0.25) is 0 Å². The van der Waals surface area contributed by atoms with E-state index < -0.39 is 6.29 Å². The molecule has 1 atom stereocenters. The molecule has 0 saturated carbocycles. The number of hydrogen-bond acceptors (Lipinski definition) is 5. The van der Waals surface area contributed by atoms with Crippen molar-refractivity contribution in [1.29, 1.82) is 0 Å². The molecule has 0 spiro atoms.